The van der Waals surface area contributed by atoms with E-state index in [9.17, 15) is 0 Å². The van der Waals surface area contributed by atoms with Gasteiger partial charge in [0.1, 0.15) is 5.75 Å². The number of methoxy groups -OCH3 is 1. The van der Waals surface area contributed by atoms with Crippen LogP contribution >= 0.6 is 11.6 Å². The zero-order chi connectivity index (χ0) is 11.4. The molecule has 0 radical (unpaired) electrons. The third-order valence-electron chi connectivity index (χ3n) is 3.10. The van der Waals surface area contributed by atoms with Crippen molar-refractivity contribution in [1.29, 1.82) is 0 Å². The molecular weight excluding hydrogens is 222 g/mol. The van der Waals surface area contributed by atoms with Crippen LogP contribution in [0.2, 0.25) is 0 Å². The number of halogens is 1. The summed E-state index contributed by atoms with van der Waals surface area (Å²) in [5, 5.41) is 3.89. The maximum atomic E-state index is 5.93. The number of nitrogens with one attached hydrogen (secondary N) is 1. The minimum absolute atomic E-state index is 0.424. The quantitative estimate of drug-likeness (QED) is 0.798. The second kappa shape index (κ2) is 5.55. The lowest BCUT2D eigenvalue weighted by molar-refractivity contribution is 0.308. The number of alkyl halides is 1. The van der Waals surface area contributed by atoms with Gasteiger partial charge in [-0.3, -0.25) is 0 Å². The van der Waals surface area contributed by atoms with Crippen LogP contribution in [0.15, 0.2) is 24.3 Å². The Balaban J connectivity index is 1.68. The Hall–Kier alpha value is -0.730. The summed E-state index contributed by atoms with van der Waals surface area (Å²) in [6, 6.07) is 8.18. The zero-order valence-corrected chi connectivity index (χ0v) is 10.3. The molecule has 0 unspecified atom stereocenters. The van der Waals surface area contributed by atoms with Gasteiger partial charge < -0.3 is 10.1 Å². The Morgan fingerprint density at radius 1 is 1.31 bits per heavy atom. The Labute approximate surface area is 102 Å². The molecule has 0 aromatic heterocycles. The van der Waals surface area contributed by atoms with Crippen molar-refractivity contribution < 1.29 is 4.74 Å². The van der Waals surface area contributed by atoms with E-state index in [1.165, 1.54) is 5.56 Å². The largest absolute Gasteiger partial charge is 0.497 e. The lowest BCUT2D eigenvalue weighted by atomic mass is 9.85. The lowest BCUT2D eigenvalue weighted by Gasteiger charge is -2.31. The molecule has 1 aromatic carbocycles. The lowest BCUT2D eigenvalue weighted by Crippen LogP contribution is -2.33. The Morgan fingerprint density at radius 3 is 2.56 bits per heavy atom. The highest BCUT2D eigenvalue weighted by molar-refractivity contribution is 6.21. The van der Waals surface area contributed by atoms with E-state index in [-0.39, 0.29) is 0 Å². The van der Waals surface area contributed by atoms with E-state index in [1.54, 1.807) is 7.11 Å². The smallest absolute Gasteiger partial charge is 0.118 e. The van der Waals surface area contributed by atoms with E-state index in [4.69, 9.17) is 16.3 Å². The predicted octanol–water partition coefficient (Wildman–Crippen LogP) is 2.80. The molecular formula is C13H18ClNO. The van der Waals surface area contributed by atoms with Gasteiger partial charge in [0.25, 0.3) is 0 Å². The van der Waals surface area contributed by atoms with Crippen LogP contribution in [0.3, 0.4) is 0 Å². The van der Waals surface area contributed by atoms with Gasteiger partial charge in [-0.15, -0.1) is 11.6 Å². The maximum Gasteiger partial charge on any atom is 0.118 e. The summed E-state index contributed by atoms with van der Waals surface area (Å²) in [5.41, 5.74) is 1.29. The highest BCUT2D eigenvalue weighted by Crippen LogP contribution is 2.31. The van der Waals surface area contributed by atoms with Crippen LogP contribution in [0.4, 0.5) is 0 Å². The number of hydrogen-bond donors (Lipinski definition) is 1. The molecule has 0 spiro atoms. The van der Waals surface area contributed by atoms with E-state index < -0.39 is 0 Å². The van der Waals surface area contributed by atoms with Crippen LogP contribution in [0.1, 0.15) is 18.4 Å². The zero-order valence-electron chi connectivity index (χ0n) is 9.58. The van der Waals surface area contributed by atoms with Gasteiger partial charge in [0.05, 0.1) is 7.11 Å². The Kier molecular flexibility index (Phi) is 4.08. The molecule has 0 heterocycles. The number of hydrogen-bond acceptors (Lipinski definition) is 2. The monoisotopic (exact) mass is 239 g/mol. The van der Waals surface area contributed by atoms with Gasteiger partial charge in [-0.1, -0.05) is 12.1 Å². The normalized spacial score (nSPS) is 23.9. The second-order valence-corrected chi connectivity index (χ2v) is 5.03. The Bertz CT molecular complexity index is 319. The number of ether oxygens (including phenoxy) is 1. The fourth-order valence-corrected chi connectivity index (χ4v) is 2.49. The molecule has 1 fully saturated rings. The van der Waals surface area contributed by atoms with Gasteiger partial charge in [-0.25, -0.2) is 0 Å². The van der Waals surface area contributed by atoms with Crippen LogP contribution < -0.4 is 10.1 Å². The molecule has 2 nitrogen and oxygen atoms in total. The summed E-state index contributed by atoms with van der Waals surface area (Å²) < 4.78 is 5.12. The highest BCUT2D eigenvalue weighted by atomic mass is 35.5. The third-order valence-corrected chi connectivity index (χ3v) is 3.46. The summed E-state index contributed by atoms with van der Waals surface area (Å²) in [6.07, 6.45) is 2.33. The van der Waals surface area contributed by atoms with Crippen molar-refractivity contribution in [2.75, 3.05) is 13.7 Å². The van der Waals surface area contributed by atoms with E-state index in [0.29, 0.717) is 5.38 Å². The first-order valence-corrected chi connectivity index (χ1v) is 6.19. The van der Waals surface area contributed by atoms with Crippen molar-refractivity contribution in [3.05, 3.63) is 29.8 Å². The van der Waals surface area contributed by atoms with Crippen molar-refractivity contribution >= 4 is 11.6 Å². The molecule has 1 saturated carbocycles. The molecule has 2 rings (SSSR count). The summed E-state index contributed by atoms with van der Waals surface area (Å²) in [4.78, 5) is 0. The maximum absolute atomic E-state index is 5.93. The minimum atomic E-state index is 0.424. The molecule has 0 amide bonds. The van der Waals surface area contributed by atoms with Gasteiger partial charge in [0, 0.05) is 11.9 Å². The van der Waals surface area contributed by atoms with Crippen LogP contribution in [-0.4, -0.2) is 19.0 Å². The standard InChI is InChI=1S/C13H18ClNO/c1-16-13-4-2-10(3-5-13)8-15-9-11-6-12(14)7-11/h2-5,11-12,15H,6-9H2,1H3. The third kappa shape index (κ3) is 3.13. The van der Waals surface area contributed by atoms with Gasteiger partial charge >= 0.3 is 0 Å². The summed E-state index contributed by atoms with van der Waals surface area (Å²) in [7, 11) is 1.69. The first kappa shape index (κ1) is 11.7. The molecule has 1 aromatic rings. The van der Waals surface area contributed by atoms with Crippen LogP contribution in [0, 0.1) is 5.92 Å². The number of rotatable bonds is 5. The molecule has 0 bridgehead atoms. The van der Waals surface area contributed by atoms with Crippen LogP contribution in [0.5, 0.6) is 5.75 Å². The first-order chi connectivity index (χ1) is 7.78. The SMILES string of the molecule is COc1ccc(CNCC2CC(Cl)C2)cc1. The molecule has 16 heavy (non-hydrogen) atoms. The average molecular weight is 240 g/mol. The van der Waals surface area contributed by atoms with Crippen molar-refractivity contribution in [2.45, 2.75) is 24.8 Å². The van der Waals surface area contributed by atoms with Gasteiger partial charge in [0.2, 0.25) is 0 Å². The van der Waals surface area contributed by atoms with Gasteiger partial charge in [-0.05, 0) is 43.0 Å². The molecule has 3 heteroatoms. The van der Waals surface area contributed by atoms with Gasteiger partial charge in [0.15, 0.2) is 0 Å². The second-order valence-electron chi connectivity index (χ2n) is 4.41. The minimum Gasteiger partial charge on any atom is -0.497 e. The molecule has 88 valence electrons. The van der Waals surface area contributed by atoms with Crippen molar-refractivity contribution in [1.82, 2.24) is 5.32 Å². The van der Waals surface area contributed by atoms with E-state index in [0.717, 1.165) is 37.6 Å². The molecule has 0 atom stereocenters. The predicted molar refractivity (Wildman–Crippen MR) is 67.1 cm³/mol. The van der Waals surface area contributed by atoms with E-state index >= 15 is 0 Å². The fraction of sp³-hybridized carbons (Fsp3) is 0.538. The topological polar surface area (TPSA) is 21.3 Å². The van der Waals surface area contributed by atoms with Crippen LogP contribution in [-0.2, 0) is 6.54 Å². The van der Waals surface area contributed by atoms with Crippen LogP contribution in [0.25, 0.3) is 0 Å². The fourth-order valence-electron chi connectivity index (χ4n) is 1.99. The first-order valence-electron chi connectivity index (χ1n) is 5.75. The molecule has 0 aliphatic heterocycles. The molecule has 0 saturated heterocycles. The van der Waals surface area contributed by atoms with Crippen molar-refractivity contribution in [3.8, 4) is 5.75 Å². The summed E-state index contributed by atoms with van der Waals surface area (Å²) in [6.45, 7) is 2.00. The van der Waals surface area contributed by atoms with Crippen molar-refractivity contribution in [3.63, 3.8) is 0 Å². The Morgan fingerprint density at radius 2 is 2.00 bits per heavy atom. The van der Waals surface area contributed by atoms with E-state index in [1.807, 2.05) is 12.1 Å². The highest BCUT2D eigenvalue weighted by Gasteiger charge is 2.26. The average Bonchev–Trinajstić information content (AvgIpc) is 2.27. The van der Waals surface area contributed by atoms with E-state index in [2.05, 4.69) is 17.4 Å². The molecule has 1 aliphatic carbocycles. The van der Waals surface area contributed by atoms with Gasteiger partial charge in [-0.2, -0.15) is 0 Å². The number of benzene rings is 1. The molecule has 1 N–H and O–H groups in total. The summed E-state index contributed by atoms with van der Waals surface area (Å²) >= 11 is 5.93. The van der Waals surface area contributed by atoms with Crippen molar-refractivity contribution in [2.24, 2.45) is 5.92 Å². The molecule has 1 aliphatic rings. The summed E-state index contributed by atoms with van der Waals surface area (Å²) in [5.74, 6) is 1.69.